The Morgan fingerprint density at radius 3 is 2.00 bits per heavy atom. The number of hydrogen-bond acceptors (Lipinski definition) is 3. The third-order valence-electron chi connectivity index (χ3n) is 3.26. The van der Waals surface area contributed by atoms with E-state index in [0.717, 1.165) is 6.07 Å². The summed E-state index contributed by atoms with van der Waals surface area (Å²) in [6.45, 7) is 3.41. The van der Waals surface area contributed by atoms with E-state index in [1.54, 1.807) is 19.9 Å². The number of benzene rings is 1. The average Bonchev–Trinajstić information content (AvgIpc) is 2.42. The van der Waals surface area contributed by atoms with Crippen LogP contribution in [0.25, 0.3) is 0 Å². The molecule has 122 valence electrons. The van der Waals surface area contributed by atoms with E-state index in [4.69, 9.17) is 0 Å². The van der Waals surface area contributed by atoms with Gasteiger partial charge in [0.05, 0.1) is 0 Å². The van der Waals surface area contributed by atoms with Gasteiger partial charge in [-0.25, -0.2) is 9.59 Å². The van der Waals surface area contributed by atoms with Gasteiger partial charge in [0.15, 0.2) is 0 Å². The maximum atomic E-state index is 12.8. The van der Waals surface area contributed by atoms with Gasteiger partial charge in [-0.05, 0) is 41.3 Å². The maximum Gasteiger partial charge on any atom is 0.443 e. The van der Waals surface area contributed by atoms with Crippen molar-refractivity contribution in [1.82, 2.24) is 0 Å². The Bertz CT molecular complexity index is 570. The van der Waals surface area contributed by atoms with Gasteiger partial charge in [0.1, 0.15) is 0 Å². The van der Waals surface area contributed by atoms with E-state index in [2.05, 4.69) is 0 Å². The lowest BCUT2D eigenvalue weighted by molar-refractivity contribution is -0.153. The van der Waals surface area contributed by atoms with Crippen molar-refractivity contribution in [1.29, 1.82) is 0 Å². The van der Waals surface area contributed by atoms with Crippen LogP contribution in [0.4, 0.5) is 13.2 Å². The molecule has 4 nitrogen and oxygen atoms in total. The minimum Gasteiger partial charge on any atom is -0.480 e. The number of carboxylic acids is 2. The van der Waals surface area contributed by atoms with Gasteiger partial charge < -0.3 is 10.2 Å². The molecule has 0 aliphatic carbocycles. The molecule has 0 saturated carbocycles. The standard InChI is InChI=1S/C14H15F3O4S/c1-3-8-6-5-7-10(9(8)4-2)13(11(18)19,12(20)21)22-14(15,16)17/h5-7H,3-4H2,1-2H3,(H,18,19)(H,20,21). The van der Waals surface area contributed by atoms with E-state index in [1.165, 1.54) is 6.07 Å². The summed E-state index contributed by atoms with van der Waals surface area (Å²) in [4.78, 5) is 23.0. The fourth-order valence-corrected chi connectivity index (χ4v) is 3.17. The van der Waals surface area contributed by atoms with Gasteiger partial charge in [-0.2, -0.15) is 13.2 Å². The van der Waals surface area contributed by atoms with Crippen molar-refractivity contribution < 1.29 is 33.0 Å². The average molecular weight is 336 g/mol. The fourth-order valence-electron chi connectivity index (χ4n) is 2.35. The van der Waals surface area contributed by atoms with Crippen LogP contribution in [0.5, 0.6) is 0 Å². The highest BCUT2D eigenvalue weighted by molar-refractivity contribution is 8.02. The van der Waals surface area contributed by atoms with E-state index < -0.39 is 34.0 Å². The Kier molecular flexibility index (Phi) is 5.50. The lowest BCUT2D eigenvalue weighted by atomic mass is 9.88. The van der Waals surface area contributed by atoms with Crippen molar-refractivity contribution in [2.24, 2.45) is 0 Å². The molecular formula is C14H15F3O4S. The smallest absolute Gasteiger partial charge is 0.443 e. The van der Waals surface area contributed by atoms with E-state index in [9.17, 15) is 33.0 Å². The quantitative estimate of drug-likeness (QED) is 0.779. The molecule has 0 aliphatic rings. The molecule has 0 spiro atoms. The normalized spacial score (nSPS) is 12.2. The second kappa shape index (κ2) is 6.60. The van der Waals surface area contributed by atoms with Crippen LogP contribution < -0.4 is 0 Å². The van der Waals surface area contributed by atoms with Crippen LogP contribution in [0.2, 0.25) is 0 Å². The van der Waals surface area contributed by atoms with Crippen LogP contribution in [0.3, 0.4) is 0 Å². The molecule has 0 unspecified atom stereocenters. The SMILES string of the molecule is CCc1cccc(C(SC(F)(F)F)(C(=O)O)C(=O)O)c1CC. The zero-order chi connectivity index (χ0) is 17.1. The molecule has 0 bridgehead atoms. The molecule has 1 aromatic carbocycles. The first-order valence-electron chi connectivity index (χ1n) is 6.45. The first kappa shape index (κ1) is 18.3. The van der Waals surface area contributed by atoms with Crippen LogP contribution >= 0.6 is 11.8 Å². The Morgan fingerprint density at radius 1 is 1.09 bits per heavy atom. The first-order chi connectivity index (χ1) is 10.1. The Hall–Kier alpha value is -1.70. The van der Waals surface area contributed by atoms with Crippen molar-refractivity contribution >= 4 is 23.7 Å². The van der Waals surface area contributed by atoms with Gasteiger partial charge in [-0.3, -0.25) is 0 Å². The summed E-state index contributed by atoms with van der Waals surface area (Å²) >= 11 is -1.03. The zero-order valence-electron chi connectivity index (χ0n) is 11.9. The number of hydrogen-bond donors (Lipinski definition) is 2. The van der Waals surface area contributed by atoms with Crippen LogP contribution in [0, 0.1) is 0 Å². The van der Waals surface area contributed by atoms with Crippen molar-refractivity contribution in [3.63, 3.8) is 0 Å². The Labute approximate surface area is 129 Å². The number of halogens is 3. The maximum absolute atomic E-state index is 12.8. The monoisotopic (exact) mass is 336 g/mol. The summed E-state index contributed by atoms with van der Waals surface area (Å²) in [5.74, 6) is -4.10. The number of alkyl halides is 3. The summed E-state index contributed by atoms with van der Waals surface area (Å²) in [7, 11) is 0. The third kappa shape index (κ3) is 3.37. The second-order valence-electron chi connectivity index (χ2n) is 4.49. The van der Waals surface area contributed by atoms with Crippen LogP contribution in [0.15, 0.2) is 18.2 Å². The van der Waals surface area contributed by atoms with E-state index >= 15 is 0 Å². The molecule has 0 aliphatic heterocycles. The molecule has 2 N–H and O–H groups in total. The molecule has 0 amide bonds. The van der Waals surface area contributed by atoms with Crippen molar-refractivity contribution in [2.75, 3.05) is 0 Å². The number of thioether (sulfide) groups is 1. The summed E-state index contributed by atoms with van der Waals surface area (Å²) in [5, 5.41) is 18.6. The number of aryl methyl sites for hydroxylation is 1. The Balaban J connectivity index is 3.73. The van der Waals surface area contributed by atoms with E-state index in [0.29, 0.717) is 17.5 Å². The molecule has 0 aromatic heterocycles. The summed E-state index contributed by atoms with van der Waals surface area (Å²) in [6.07, 6.45) is 0.698. The summed E-state index contributed by atoms with van der Waals surface area (Å²) < 4.78 is 35.3. The highest BCUT2D eigenvalue weighted by atomic mass is 32.2. The van der Waals surface area contributed by atoms with Gasteiger partial charge >= 0.3 is 17.4 Å². The predicted octanol–water partition coefficient (Wildman–Crippen LogP) is 3.43. The van der Waals surface area contributed by atoms with Gasteiger partial charge in [0.25, 0.3) is 0 Å². The molecule has 8 heteroatoms. The Morgan fingerprint density at radius 2 is 1.64 bits per heavy atom. The number of aliphatic carboxylic acids is 2. The number of rotatable bonds is 6. The van der Waals surface area contributed by atoms with E-state index in [-0.39, 0.29) is 12.0 Å². The molecular weight excluding hydrogens is 321 g/mol. The highest BCUT2D eigenvalue weighted by Crippen LogP contribution is 2.48. The fraction of sp³-hybridized carbons (Fsp3) is 0.429. The largest absolute Gasteiger partial charge is 0.480 e. The van der Waals surface area contributed by atoms with E-state index in [1.807, 2.05) is 0 Å². The summed E-state index contributed by atoms with van der Waals surface area (Å²) in [6, 6.07) is 4.17. The topological polar surface area (TPSA) is 74.6 Å². The zero-order valence-corrected chi connectivity index (χ0v) is 12.7. The molecule has 0 saturated heterocycles. The predicted molar refractivity (Wildman–Crippen MR) is 75.8 cm³/mol. The molecule has 0 atom stereocenters. The highest BCUT2D eigenvalue weighted by Gasteiger charge is 2.57. The molecule has 22 heavy (non-hydrogen) atoms. The van der Waals surface area contributed by atoms with Crippen LogP contribution in [0.1, 0.15) is 30.5 Å². The third-order valence-corrected chi connectivity index (χ3v) is 4.36. The second-order valence-corrected chi connectivity index (χ2v) is 5.77. The molecule has 1 rings (SSSR count). The van der Waals surface area contributed by atoms with Gasteiger partial charge in [0.2, 0.25) is 4.75 Å². The molecule has 0 radical (unpaired) electrons. The minimum atomic E-state index is -5.01. The number of carboxylic acid groups (broad SMARTS) is 2. The van der Waals surface area contributed by atoms with Gasteiger partial charge in [-0.1, -0.05) is 32.0 Å². The lowest BCUT2D eigenvalue weighted by Crippen LogP contribution is -2.43. The molecule has 1 aromatic rings. The van der Waals surface area contributed by atoms with Crippen LogP contribution in [-0.4, -0.2) is 27.7 Å². The molecule has 0 fully saturated rings. The van der Waals surface area contributed by atoms with Crippen LogP contribution in [-0.2, 0) is 27.2 Å². The first-order valence-corrected chi connectivity index (χ1v) is 7.26. The van der Waals surface area contributed by atoms with Crippen molar-refractivity contribution in [3.8, 4) is 0 Å². The van der Waals surface area contributed by atoms with Crippen molar-refractivity contribution in [2.45, 2.75) is 36.9 Å². The van der Waals surface area contributed by atoms with Gasteiger partial charge in [0, 0.05) is 0 Å². The molecule has 0 heterocycles. The van der Waals surface area contributed by atoms with Gasteiger partial charge in [-0.15, -0.1) is 0 Å². The van der Waals surface area contributed by atoms with Crippen molar-refractivity contribution in [3.05, 3.63) is 34.9 Å². The number of carbonyl (C=O) groups is 2. The lowest BCUT2D eigenvalue weighted by Gasteiger charge is -2.28. The summed E-state index contributed by atoms with van der Waals surface area (Å²) in [5.41, 5.74) is -4.39. The minimum absolute atomic E-state index is 0.236.